The van der Waals surface area contributed by atoms with E-state index in [1.54, 1.807) is 0 Å². The van der Waals surface area contributed by atoms with Gasteiger partial charge in [0.25, 0.3) is 0 Å². The van der Waals surface area contributed by atoms with Crippen molar-refractivity contribution >= 4 is 21.7 Å². The second-order valence-corrected chi connectivity index (χ2v) is 9.31. The molecule has 4 rings (SSSR count). The van der Waals surface area contributed by atoms with Crippen molar-refractivity contribution in [2.45, 2.75) is 43.7 Å². The van der Waals surface area contributed by atoms with Gasteiger partial charge in [0.1, 0.15) is 11.9 Å². The fourth-order valence-electron chi connectivity index (χ4n) is 4.55. The van der Waals surface area contributed by atoms with E-state index in [1.165, 1.54) is 10.6 Å². The molecular weight excluding hydrogens is 378 g/mol. The second kappa shape index (κ2) is 7.13. The molecule has 0 saturated heterocycles. The molecule has 3 unspecified atom stereocenters. The Morgan fingerprint density at radius 3 is 2.57 bits per heavy atom. The summed E-state index contributed by atoms with van der Waals surface area (Å²) in [4.78, 5) is 11.0. The van der Waals surface area contributed by atoms with Crippen molar-refractivity contribution in [3.63, 3.8) is 0 Å². The van der Waals surface area contributed by atoms with Gasteiger partial charge in [0, 0.05) is 17.9 Å². The highest BCUT2D eigenvalue weighted by molar-refractivity contribution is 7.92. The smallest absolute Gasteiger partial charge is 0.303 e. The molecule has 1 fully saturated rings. The molecule has 0 aromatic heterocycles. The maximum atomic E-state index is 12.7. The first-order chi connectivity index (χ1) is 13.4. The van der Waals surface area contributed by atoms with Gasteiger partial charge in [0.05, 0.1) is 18.0 Å². The van der Waals surface area contributed by atoms with E-state index < -0.39 is 16.0 Å². The Balaban J connectivity index is 1.72. The Labute approximate surface area is 164 Å². The van der Waals surface area contributed by atoms with Crippen LogP contribution in [0.15, 0.2) is 48.5 Å². The van der Waals surface area contributed by atoms with E-state index in [0.717, 1.165) is 29.7 Å². The molecule has 0 spiro atoms. The number of aliphatic carboxylic acids is 1. The van der Waals surface area contributed by atoms with Gasteiger partial charge in [-0.1, -0.05) is 36.4 Å². The van der Waals surface area contributed by atoms with Crippen molar-refractivity contribution in [2.75, 3.05) is 10.6 Å². The summed E-state index contributed by atoms with van der Waals surface area (Å²) in [7, 11) is -3.47. The fraction of sp³-hybridized carbons (Fsp3) is 0.381. The number of hydrogen-bond donors (Lipinski definition) is 1. The molecule has 1 aliphatic carbocycles. The standard InChI is InChI=1S/C21H23NO5S/c1-28(25,26)22(15-7-3-2-4-8-15)17-11-12-18-20(17)16-9-5-6-14(21(16)27-18)10-13-19(23)24/h2-9,17-18,20H,10-13H2,1H3,(H,23,24). The molecular formula is C21H23NO5S. The topological polar surface area (TPSA) is 83.9 Å². The number of para-hydroxylation sites is 2. The predicted molar refractivity (Wildman–Crippen MR) is 106 cm³/mol. The van der Waals surface area contributed by atoms with Gasteiger partial charge in [0.2, 0.25) is 10.0 Å². The first-order valence-electron chi connectivity index (χ1n) is 9.41. The van der Waals surface area contributed by atoms with Crippen molar-refractivity contribution in [1.29, 1.82) is 0 Å². The van der Waals surface area contributed by atoms with Crippen LogP contribution >= 0.6 is 0 Å². The van der Waals surface area contributed by atoms with Crippen LogP contribution in [0.3, 0.4) is 0 Å². The average molecular weight is 401 g/mol. The number of sulfonamides is 1. The van der Waals surface area contributed by atoms with E-state index in [9.17, 15) is 13.2 Å². The summed E-state index contributed by atoms with van der Waals surface area (Å²) < 4.78 is 33.1. The number of benzene rings is 2. The number of rotatable bonds is 6. The number of anilines is 1. The number of ether oxygens (including phenoxy) is 1. The molecule has 148 valence electrons. The van der Waals surface area contributed by atoms with E-state index >= 15 is 0 Å². The number of fused-ring (bicyclic) bond motifs is 3. The van der Waals surface area contributed by atoms with Crippen molar-refractivity contribution in [2.24, 2.45) is 0 Å². The fourth-order valence-corrected chi connectivity index (χ4v) is 5.78. The van der Waals surface area contributed by atoms with Crippen LogP contribution in [-0.2, 0) is 21.2 Å². The Hall–Kier alpha value is -2.54. The minimum Gasteiger partial charge on any atom is -0.489 e. The Kier molecular flexibility index (Phi) is 4.79. The predicted octanol–water partition coefficient (Wildman–Crippen LogP) is 3.18. The molecule has 1 saturated carbocycles. The van der Waals surface area contributed by atoms with Gasteiger partial charge in [-0.05, 0) is 37.0 Å². The highest BCUT2D eigenvalue weighted by Gasteiger charge is 2.49. The van der Waals surface area contributed by atoms with Gasteiger partial charge in [-0.2, -0.15) is 0 Å². The van der Waals surface area contributed by atoms with Gasteiger partial charge >= 0.3 is 5.97 Å². The molecule has 0 bridgehead atoms. The quantitative estimate of drug-likeness (QED) is 0.804. The third kappa shape index (κ3) is 3.35. The number of carboxylic acid groups (broad SMARTS) is 1. The summed E-state index contributed by atoms with van der Waals surface area (Å²) >= 11 is 0. The van der Waals surface area contributed by atoms with Crippen LogP contribution in [0.5, 0.6) is 5.75 Å². The molecule has 2 aliphatic rings. The number of aryl methyl sites for hydroxylation is 1. The first-order valence-corrected chi connectivity index (χ1v) is 11.3. The van der Waals surface area contributed by atoms with E-state index in [-0.39, 0.29) is 24.5 Å². The zero-order valence-corrected chi connectivity index (χ0v) is 16.4. The summed E-state index contributed by atoms with van der Waals surface area (Å²) in [6, 6.07) is 14.7. The second-order valence-electron chi connectivity index (χ2n) is 7.45. The molecule has 0 amide bonds. The Morgan fingerprint density at radius 2 is 1.89 bits per heavy atom. The SMILES string of the molecule is CS(=O)(=O)N(c1ccccc1)C1CCC2Oc3c(CCC(=O)O)cccc3C21. The molecule has 28 heavy (non-hydrogen) atoms. The molecule has 1 heterocycles. The Morgan fingerprint density at radius 1 is 1.14 bits per heavy atom. The van der Waals surface area contributed by atoms with Crippen LogP contribution < -0.4 is 9.04 Å². The number of carbonyl (C=O) groups is 1. The highest BCUT2D eigenvalue weighted by Crippen LogP contribution is 2.51. The van der Waals surface area contributed by atoms with Crippen molar-refractivity contribution in [3.05, 3.63) is 59.7 Å². The van der Waals surface area contributed by atoms with Crippen LogP contribution in [0.4, 0.5) is 5.69 Å². The minimum absolute atomic E-state index is 0.0397. The third-order valence-corrected chi connectivity index (χ3v) is 6.79. The molecule has 1 aliphatic heterocycles. The summed E-state index contributed by atoms with van der Waals surface area (Å²) in [5.74, 6) is -0.166. The summed E-state index contributed by atoms with van der Waals surface area (Å²) in [6.07, 6.45) is 3.08. The van der Waals surface area contributed by atoms with E-state index in [1.807, 2.05) is 48.5 Å². The minimum atomic E-state index is -3.47. The lowest BCUT2D eigenvalue weighted by Crippen LogP contribution is -2.42. The highest BCUT2D eigenvalue weighted by atomic mass is 32.2. The molecule has 3 atom stereocenters. The summed E-state index contributed by atoms with van der Waals surface area (Å²) in [6.45, 7) is 0. The van der Waals surface area contributed by atoms with Gasteiger partial charge < -0.3 is 9.84 Å². The summed E-state index contributed by atoms with van der Waals surface area (Å²) in [5, 5.41) is 9.00. The lowest BCUT2D eigenvalue weighted by molar-refractivity contribution is -0.136. The van der Waals surface area contributed by atoms with Crippen LogP contribution in [0, 0.1) is 0 Å². The number of carboxylic acids is 1. The van der Waals surface area contributed by atoms with Crippen LogP contribution in [0.2, 0.25) is 0 Å². The molecule has 6 nitrogen and oxygen atoms in total. The third-order valence-electron chi connectivity index (χ3n) is 5.59. The normalized spacial score (nSPS) is 23.0. The zero-order chi connectivity index (χ0) is 19.9. The van der Waals surface area contributed by atoms with E-state index in [4.69, 9.17) is 9.84 Å². The number of hydrogen-bond acceptors (Lipinski definition) is 4. The number of nitrogens with zero attached hydrogens (tertiary/aromatic N) is 1. The van der Waals surface area contributed by atoms with Gasteiger partial charge in [0.15, 0.2) is 0 Å². The molecule has 2 aromatic carbocycles. The van der Waals surface area contributed by atoms with Crippen molar-refractivity contribution in [3.8, 4) is 5.75 Å². The molecule has 2 aromatic rings. The monoisotopic (exact) mass is 401 g/mol. The van der Waals surface area contributed by atoms with E-state index in [2.05, 4.69) is 0 Å². The van der Waals surface area contributed by atoms with Crippen LogP contribution in [-0.4, -0.2) is 37.9 Å². The zero-order valence-electron chi connectivity index (χ0n) is 15.6. The lowest BCUT2D eigenvalue weighted by Gasteiger charge is -2.32. The van der Waals surface area contributed by atoms with Crippen LogP contribution in [0.1, 0.15) is 36.3 Å². The van der Waals surface area contributed by atoms with Crippen molar-refractivity contribution in [1.82, 2.24) is 0 Å². The summed E-state index contributed by atoms with van der Waals surface area (Å²) in [5.41, 5.74) is 2.52. The average Bonchev–Trinajstić information content (AvgIpc) is 3.20. The molecule has 1 N–H and O–H groups in total. The maximum Gasteiger partial charge on any atom is 0.303 e. The first kappa shape index (κ1) is 18.8. The molecule has 7 heteroatoms. The van der Waals surface area contributed by atoms with Crippen molar-refractivity contribution < 1.29 is 23.1 Å². The molecule has 0 radical (unpaired) electrons. The van der Waals surface area contributed by atoms with Gasteiger partial charge in [-0.3, -0.25) is 9.10 Å². The maximum absolute atomic E-state index is 12.7. The van der Waals surface area contributed by atoms with Crippen LogP contribution in [0.25, 0.3) is 0 Å². The Bertz CT molecular complexity index is 989. The largest absolute Gasteiger partial charge is 0.489 e. The van der Waals surface area contributed by atoms with Gasteiger partial charge in [-0.25, -0.2) is 8.42 Å². The van der Waals surface area contributed by atoms with Gasteiger partial charge in [-0.15, -0.1) is 0 Å². The van der Waals surface area contributed by atoms with E-state index in [0.29, 0.717) is 12.1 Å². The lowest BCUT2D eigenvalue weighted by atomic mass is 9.91.